The maximum Gasteiger partial charge on any atom is 0.352 e. The van der Waals surface area contributed by atoms with Crippen LogP contribution in [0.5, 0.6) is 0 Å². The minimum atomic E-state index is -1.23. The van der Waals surface area contributed by atoms with Gasteiger partial charge in [0.05, 0.1) is 0 Å². The minimum Gasteiger partial charge on any atom is -0.477 e. The molecule has 4 rings (SSSR count). The molecular formula is C17H17N7O6S4. The van der Waals surface area contributed by atoms with Crippen LogP contribution < -0.4 is 10.1 Å². The van der Waals surface area contributed by atoms with E-state index in [0.29, 0.717) is 26.1 Å². The summed E-state index contributed by atoms with van der Waals surface area (Å²) in [6, 6.07) is -0.991. The van der Waals surface area contributed by atoms with Crippen LogP contribution in [0.1, 0.15) is 10.7 Å². The molecule has 2 aromatic heterocycles. The Balaban J connectivity index is 1.51. The lowest BCUT2D eigenvalue weighted by Gasteiger charge is -2.49. The zero-order valence-electron chi connectivity index (χ0n) is 17.5. The number of carbonyl (C=O) groups is 3. The quantitative estimate of drug-likeness (QED) is 0.119. The predicted molar refractivity (Wildman–Crippen MR) is 124 cm³/mol. The third-order valence-electron chi connectivity index (χ3n) is 4.76. The van der Waals surface area contributed by atoms with Crippen LogP contribution in [0.15, 0.2) is 26.1 Å². The predicted octanol–water partition coefficient (Wildman–Crippen LogP) is 0.308. The van der Waals surface area contributed by atoms with E-state index < -0.39 is 29.2 Å². The van der Waals surface area contributed by atoms with Crippen molar-refractivity contribution in [1.82, 2.24) is 25.1 Å². The first-order valence-electron chi connectivity index (χ1n) is 9.42. The second kappa shape index (κ2) is 9.77. The molecule has 0 saturated carbocycles. The first kappa shape index (κ1) is 24.2. The molecule has 13 nitrogen and oxygen atoms in total. The average molecular weight is 544 g/mol. The lowest BCUT2D eigenvalue weighted by Crippen LogP contribution is -2.71. The summed E-state index contributed by atoms with van der Waals surface area (Å²) in [6.07, 6.45) is 0. The lowest BCUT2D eigenvalue weighted by molar-refractivity contribution is -0.150. The number of rotatable bonds is 8. The standard InChI is InChI=1S/C17H17N7O6S4/c1-6-20-21-17(34-6)33-4-7-3-31-14-10(13(26)23(14)11(7)15(27)28)19-12(25)9(22-30-2)8-5-32-16(18)24(8)29/h5,10,14,18,29H,3-4H2,1-2H3,(H,19,25)(H,27,28)/t10-,14+/m1/s1. The third kappa shape index (κ3) is 4.42. The van der Waals surface area contributed by atoms with Gasteiger partial charge in [-0.3, -0.25) is 19.9 Å². The van der Waals surface area contributed by atoms with Gasteiger partial charge in [-0.1, -0.05) is 28.3 Å². The molecule has 0 bridgehead atoms. The van der Waals surface area contributed by atoms with Crippen LogP contribution in [0.3, 0.4) is 0 Å². The second-order valence-electron chi connectivity index (χ2n) is 6.85. The number of aryl methyl sites for hydroxylation is 1. The number of thiazole rings is 1. The fourth-order valence-electron chi connectivity index (χ4n) is 3.26. The van der Waals surface area contributed by atoms with E-state index in [1.54, 1.807) is 0 Å². The SMILES string of the molecule is CON=C(C(=O)N[C@@H]1C(=O)N2C(C(=O)O)=C(CSc3nnc(C)s3)CS[C@@H]12)c1csc(=N)n1O. The van der Waals surface area contributed by atoms with Gasteiger partial charge in [-0.25, -0.2) is 4.79 Å². The molecule has 2 atom stereocenters. The smallest absolute Gasteiger partial charge is 0.352 e. The van der Waals surface area contributed by atoms with Crippen molar-refractivity contribution < 1.29 is 29.5 Å². The Morgan fingerprint density at radius 1 is 1.44 bits per heavy atom. The largest absolute Gasteiger partial charge is 0.477 e. The summed E-state index contributed by atoms with van der Waals surface area (Å²) in [5.41, 5.74) is 0.0782. The van der Waals surface area contributed by atoms with Gasteiger partial charge in [0.2, 0.25) is 4.80 Å². The molecule has 2 aliphatic rings. The minimum absolute atomic E-state index is 0.0772. The Hall–Kier alpha value is -2.89. The Labute approximate surface area is 208 Å². The number of hydrogen-bond donors (Lipinski definition) is 4. The molecule has 0 radical (unpaired) electrons. The summed E-state index contributed by atoms with van der Waals surface area (Å²) in [7, 11) is 1.21. The molecule has 0 unspecified atom stereocenters. The molecule has 180 valence electrons. The summed E-state index contributed by atoms with van der Waals surface area (Å²) in [6.45, 7) is 1.82. The Morgan fingerprint density at radius 2 is 2.21 bits per heavy atom. The molecule has 0 aliphatic carbocycles. The number of carboxylic acids is 1. The van der Waals surface area contributed by atoms with E-state index >= 15 is 0 Å². The number of β-lactam (4-membered cyclic amide) rings is 1. The molecule has 2 aliphatic heterocycles. The van der Waals surface area contributed by atoms with Crippen LogP contribution >= 0.6 is 46.2 Å². The summed E-state index contributed by atoms with van der Waals surface area (Å²) < 4.78 is 1.18. The van der Waals surface area contributed by atoms with Gasteiger partial charge in [-0.05, 0) is 12.5 Å². The molecule has 1 fully saturated rings. The van der Waals surface area contributed by atoms with Crippen LogP contribution in [0.4, 0.5) is 0 Å². The Kier molecular flexibility index (Phi) is 6.96. The molecular weight excluding hydrogens is 526 g/mol. The number of fused-ring (bicyclic) bond motifs is 1. The van der Waals surface area contributed by atoms with Crippen molar-refractivity contribution in [2.45, 2.75) is 22.7 Å². The number of aliphatic carboxylic acids is 1. The molecule has 0 aromatic carbocycles. The van der Waals surface area contributed by atoms with Gasteiger partial charge in [0.25, 0.3) is 11.8 Å². The highest BCUT2D eigenvalue weighted by atomic mass is 32.2. The van der Waals surface area contributed by atoms with Crippen LogP contribution in [0.2, 0.25) is 0 Å². The van der Waals surface area contributed by atoms with Crippen molar-refractivity contribution in [2.24, 2.45) is 5.16 Å². The first-order chi connectivity index (χ1) is 16.2. The zero-order chi connectivity index (χ0) is 24.6. The second-order valence-corrected chi connectivity index (χ2v) is 11.2. The number of nitrogens with one attached hydrogen (secondary N) is 2. The van der Waals surface area contributed by atoms with Crippen molar-refractivity contribution in [1.29, 1.82) is 5.41 Å². The van der Waals surface area contributed by atoms with E-state index in [-0.39, 0.29) is 21.9 Å². The fourth-order valence-corrected chi connectivity index (χ4v) is 7.20. The normalized spacial score (nSPS) is 20.1. The number of carboxylic acid groups (broad SMARTS) is 1. The number of thioether (sulfide) groups is 2. The van der Waals surface area contributed by atoms with Crippen molar-refractivity contribution in [3.8, 4) is 0 Å². The maximum absolute atomic E-state index is 12.9. The van der Waals surface area contributed by atoms with Crippen LogP contribution in [-0.4, -0.2) is 83.7 Å². The molecule has 2 amide bonds. The van der Waals surface area contributed by atoms with Crippen molar-refractivity contribution >= 4 is 69.7 Å². The average Bonchev–Trinajstić information content (AvgIpc) is 3.38. The summed E-state index contributed by atoms with van der Waals surface area (Å²) in [4.78, 5) is 43.3. The molecule has 4 N–H and O–H groups in total. The van der Waals surface area contributed by atoms with Crippen molar-refractivity contribution in [3.63, 3.8) is 0 Å². The van der Waals surface area contributed by atoms with Crippen molar-refractivity contribution in [2.75, 3.05) is 18.6 Å². The van der Waals surface area contributed by atoms with Gasteiger partial charge in [0.1, 0.15) is 34.9 Å². The van der Waals surface area contributed by atoms with Gasteiger partial charge in [-0.2, -0.15) is 4.73 Å². The first-order valence-corrected chi connectivity index (χ1v) is 13.2. The Morgan fingerprint density at radius 3 is 2.79 bits per heavy atom. The maximum atomic E-state index is 12.9. The molecule has 2 aromatic rings. The van der Waals surface area contributed by atoms with Gasteiger partial charge >= 0.3 is 5.97 Å². The van der Waals surface area contributed by atoms with Gasteiger partial charge in [0.15, 0.2) is 10.1 Å². The summed E-state index contributed by atoms with van der Waals surface area (Å²) >= 11 is 4.96. The van der Waals surface area contributed by atoms with Gasteiger partial charge in [-0.15, -0.1) is 33.3 Å². The van der Waals surface area contributed by atoms with Crippen molar-refractivity contribution in [3.05, 3.63) is 32.2 Å². The Bertz CT molecular complexity index is 1280. The number of nitrogens with zero attached hydrogens (tertiary/aromatic N) is 5. The van der Waals surface area contributed by atoms with E-state index in [4.69, 9.17) is 5.41 Å². The lowest BCUT2D eigenvalue weighted by atomic mass is 10.0. The third-order valence-corrected chi connectivity index (χ3v) is 8.89. The number of amides is 2. The number of hydrogen-bond acceptors (Lipinski definition) is 13. The van der Waals surface area contributed by atoms with E-state index in [9.17, 15) is 24.7 Å². The van der Waals surface area contributed by atoms with Gasteiger partial charge in [0, 0.05) is 16.9 Å². The van der Waals surface area contributed by atoms with E-state index in [2.05, 4.69) is 25.5 Å². The van der Waals surface area contributed by atoms with Crippen LogP contribution in [0, 0.1) is 12.3 Å². The molecule has 4 heterocycles. The highest BCUT2D eigenvalue weighted by Gasteiger charge is 2.54. The summed E-state index contributed by atoms with van der Waals surface area (Å²) in [5.74, 6) is -1.91. The van der Waals surface area contributed by atoms with Gasteiger partial charge < -0.3 is 20.5 Å². The number of aromatic nitrogens is 3. The highest BCUT2D eigenvalue weighted by Crippen LogP contribution is 2.41. The number of oxime groups is 1. The fraction of sp³-hybridized carbons (Fsp3) is 0.353. The molecule has 34 heavy (non-hydrogen) atoms. The van der Waals surface area contributed by atoms with E-state index in [1.165, 1.54) is 52.3 Å². The van der Waals surface area contributed by atoms with Crippen LogP contribution in [-0.2, 0) is 19.2 Å². The number of carbonyl (C=O) groups excluding carboxylic acids is 2. The van der Waals surface area contributed by atoms with E-state index in [0.717, 1.165) is 16.3 Å². The summed E-state index contributed by atoms with van der Waals surface area (Å²) in [5, 5.41) is 43.0. The monoisotopic (exact) mass is 543 g/mol. The molecule has 0 spiro atoms. The topological polar surface area (TPSA) is 183 Å². The molecule has 1 saturated heterocycles. The van der Waals surface area contributed by atoms with E-state index in [1.807, 2.05) is 6.92 Å². The highest BCUT2D eigenvalue weighted by molar-refractivity contribution is 8.01. The van der Waals surface area contributed by atoms with Crippen LogP contribution in [0.25, 0.3) is 0 Å². The molecule has 17 heteroatoms. The zero-order valence-corrected chi connectivity index (χ0v) is 20.8.